The number of nitrogens with zero attached hydrogens (tertiary/aromatic N) is 3. The highest BCUT2D eigenvalue weighted by molar-refractivity contribution is 7.09. The second kappa shape index (κ2) is 7.92. The van der Waals surface area contributed by atoms with E-state index in [-0.39, 0.29) is 23.2 Å². The highest BCUT2D eigenvalue weighted by Gasteiger charge is 2.10. The third-order valence-corrected chi connectivity index (χ3v) is 4.82. The Morgan fingerprint density at radius 2 is 1.88 bits per heavy atom. The normalized spacial score (nSPS) is 10.5. The molecule has 26 heavy (non-hydrogen) atoms. The van der Waals surface area contributed by atoms with Crippen LogP contribution in [0, 0.1) is 13.8 Å². The van der Waals surface area contributed by atoms with Crippen LogP contribution in [0.2, 0.25) is 0 Å². The topological polar surface area (TPSA) is 86.1 Å². The van der Waals surface area contributed by atoms with Gasteiger partial charge in [0, 0.05) is 41.6 Å². The number of ether oxygens (including phenoxy) is 1. The standard InChI is InChI=1S/C18H18N4O3S/c1-12-13(2)26-18(24)22(12)11-8-16(23)21-14-4-6-15(7-5-14)25-17-19-9-3-10-20-17/h3-7,9-10H,8,11H2,1-2H3,(H,21,23). The second-order valence-electron chi connectivity index (χ2n) is 5.62. The van der Waals surface area contributed by atoms with Crippen molar-refractivity contribution < 1.29 is 9.53 Å². The lowest BCUT2D eigenvalue weighted by Crippen LogP contribution is -2.20. The molecular formula is C18H18N4O3S. The first kappa shape index (κ1) is 17.8. The molecule has 0 atom stereocenters. The zero-order valence-electron chi connectivity index (χ0n) is 14.4. The number of hydrogen-bond donors (Lipinski definition) is 1. The lowest BCUT2D eigenvalue weighted by Gasteiger charge is -2.08. The van der Waals surface area contributed by atoms with E-state index in [1.807, 2.05) is 13.8 Å². The molecule has 0 aliphatic carbocycles. The summed E-state index contributed by atoms with van der Waals surface area (Å²) in [4.78, 5) is 32.9. The van der Waals surface area contributed by atoms with Crippen LogP contribution in [0.4, 0.5) is 5.69 Å². The van der Waals surface area contributed by atoms with Gasteiger partial charge in [0.05, 0.1) is 0 Å². The van der Waals surface area contributed by atoms with Gasteiger partial charge in [0.25, 0.3) is 0 Å². The maximum absolute atomic E-state index is 12.1. The van der Waals surface area contributed by atoms with Gasteiger partial charge in [-0.25, -0.2) is 9.97 Å². The van der Waals surface area contributed by atoms with Gasteiger partial charge < -0.3 is 14.6 Å². The Bertz CT molecular complexity index is 949. The van der Waals surface area contributed by atoms with Crippen LogP contribution in [0.25, 0.3) is 0 Å². The quantitative estimate of drug-likeness (QED) is 0.720. The Morgan fingerprint density at radius 3 is 2.50 bits per heavy atom. The van der Waals surface area contributed by atoms with Crippen LogP contribution in [0.3, 0.4) is 0 Å². The number of aryl methyl sites for hydroxylation is 1. The number of anilines is 1. The SMILES string of the molecule is Cc1sc(=O)n(CCC(=O)Nc2ccc(Oc3ncccn3)cc2)c1C. The summed E-state index contributed by atoms with van der Waals surface area (Å²) in [6.07, 6.45) is 3.42. The fraction of sp³-hybridized carbons (Fsp3) is 0.222. The second-order valence-corrected chi connectivity index (χ2v) is 6.78. The number of hydrogen-bond acceptors (Lipinski definition) is 6. The van der Waals surface area contributed by atoms with Gasteiger partial charge in [-0.1, -0.05) is 11.3 Å². The molecule has 3 rings (SSSR count). The van der Waals surface area contributed by atoms with Crippen LogP contribution < -0.4 is 14.9 Å². The Balaban J connectivity index is 1.55. The average molecular weight is 370 g/mol. The molecule has 1 aromatic carbocycles. The third-order valence-electron chi connectivity index (χ3n) is 3.83. The van der Waals surface area contributed by atoms with Crippen molar-refractivity contribution in [3.05, 3.63) is 63.0 Å². The molecule has 0 unspecified atom stereocenters. The number of aromatic nitrogens is 3. The molecule has 1 N–H and O–H groups in total. The molecule has 0 aliphatic heterocycles. The Morgan fingerprint density at radius 1 is 1.19 bits per heavy atom. The number of carbonyl (C=O) groups is 1. The maximum Gasteiger partial charge on any atom is 0.321 e. The lowest BCUT2D eigenvalue weighted by atomic mass is 10.3. The van der Waals surface area contributed by atoms with Gasteiger partial charge in [0.15, 0.2) is 0 Å². The van der Waals surface area contributed by atoms with Crippen LogP contribution >= 0.6 is 11.3 Å². The monoisotopic (exact) mass is 370 g/mol. The van der Waals surface area contributed by atoms with Crippen LogP contribution in [0.5, 0.6) is 11.8 Å². The minimum Gasteiger partial charge on any atom is -0.424 e. The van der Waals surface area contributed by atoms with Gasteiger partial charge in [-0.2, -0.15) is 0 Å². The number of nitrogens with one attached hydrogen (secondary N) is 1. The zero-order chi connectivity index (χ0) is 18.5. The summed E-state index contributed by atoms with van der Waals surface area (Å²) in [6.45, 7) is 4.16. The summed E-state index contributed by atoms with van der Waals surface area (Å²) < 4.78 is 7.14. The molecule has 0 spiro atoms. The minimum atomic E-state index is -0.153. The number of thiazole rings is 1. The lowest BCUT2D eigenvalue weighted by molar-refractivity contribution is -0.116. The zero-order valence-corrected chi connectivity index (χ0v) is 15.2. The number of benzene rings is 1. The smallest absolute Gasteiger partial charge is 0.321 e. The highest BCUT2D eigenvalue weighted by atomic mass is 32.1. The molecule has 0 aliphatic rings. The van der Waals surface area contributed by atoms with Crippen LogP contribution in [-0.2, 0) is 11.3 Å². The van der Waals surface area contributed by atoms with Crippen molar-refractivity contribution in [3.63, 3.8) is 0 Å². The summed E-state index contributed by atoms with van der Waals surface area (Å²) in [5, 5.41) is 2.81. The van der Waals surface area contributed by atoms with E-state index in [0.717, 1.165) is 10.6 Å². The fourth-order valence-corrected chi connectivity index (χ4v) is 3.19. The van der Waals surface area contributed by atoms with E-state index in [1.165, 1.54) is 11.3 Å². The van der Waals surface area contributed by atoms with Gasteiger partial charge >= 0.3 is 10.9 Å². The van der Waals surface area contributed by atoms with Gasteiger partial charge in [0.1, 0.15) is 5.75 Å². The minimum absolute atomic E-state index is 0.0302. The Kier molecular flexibility index (Phi) is 5.43. The molecule has 0 radical (unpaired) electrons. The predicted octanol–water partition coefficient (Wildman–Crippen LogP) is 3.14. The summed E-state index contributed by atoms with van der Waals surface area (Å²) in [7, 11) is 0. The number of carbonyl (C=O) groups excluding carboxylic acids is 1. The molecular weight excluding hydrogens is 352 g/mol. The Labute approximate surface area is 154 Å². The average Bonchev–Trinajstić information content (AvgIpc) is 2.88. The number of amides is 1. The first-order chi connectivity index (χ1) is 12.5. The van der Waals surface area contributed by atoms with Crippen molar-refractivity contribution in [3.8, 4) is 11.8 Å². The van der Waals surface area contributed by atoms with E-state index >= 15 is 0 Å². The molecule has 1 amide bonds. The van der Waals surface area contributed by atoms with E-state index in [4.69, 9.17) is 4.74 Å². The molecule has 0 bridgehead atoms. The van der Waals surface area contributed by atoms with Crippen molar-refractivity contribution in [1.82, 2.24) is 14.5 Å². The van der Waals surface area contributed by atoms with Crippen molar-refractivity contribution in [2.24, 2.45) is 0 Å². The molecule has 8 heteroatoms. The van der Waals surface area contributed by atoms with Crippen molar-refractivity contribution in [2.75, 3.05) is 5.32 Å². The van der Waals surface area contributed by atoms with Gasteiger partial charge in [-0.3, -0.25) is 9.59 Å². The maximum atomic E-state index is 12.1. The van der Waals surface area contributed by atoms with Gasteiger partial charge in [-0.15, -0.1) is 0 Å². The first-order valence-corrected chi connectivity index (χ1v) is 8.86. The van der Waals surface area contributed by atoms with Crippen LogP contribution in [-0.4, -0.2) is 20.4 Å². The van der Waals surface area contributed by atoms with E-state index in [2.05, 4.69) is 15.3 Å². The molecule has 3 aromatic rings. The predicted molar refractivity (Wildman–Crippen MR) is 99.8 cm³/mol. The van der Waals surface area contributed by atoms with Crippen LogP contribution in [0.15, 0.2) is 47.5 Å². The third kappa shape index (κ3) is 4.34. The Hall–Kier alpha value is -3.00. The van der Waals surface area contributed by atoms with Crippen molar-refractivity contribution in [1.29, 1.82) is 0 Å². The molecule has 0 fully saturated rings. The van der Waals surface area contributed by atoms with Gasteiger partial charge in [0.2, 0.25) is 5.91 Å². The molecule has 0 saturated carbocycles. The summed E-state index contributed by atoms with van der Waals surface area (Å²) in [6, 6.07) is 8.89. The first-order valence-electron chi connectivity index (χ1n) is 8.04. The summed E-state index contributed by atoms with van der Waals surface area (Å²) in [5.41, 5.74) is 1.57. The number of rotatable bonds is 6. The highest BCUT2D eigenvalue weighted by Crippen LogP contribution is 2.20. The van der Waals surface area contributed by atoms with Crippen molar-refractivity contribution in [2.45, 2.75) is 26.8 Å². The summed E-state index contributed by atoms with van der Waals surface area (Å²) in [5.74, 6) is 0.422. The molecule has 2 aromatic heterocycles. The fourth-order valence-electron chi connectivity index (χ4n) is 2.33. The van der Waals surface area contributed by atoms with E-state index in [9.17, 15) is 9.59 Å². The molecule has 134 valence electrons. The molecule has 0 saturated heterocycles. The van der Waals surface area contributed by atoms with Crippen LogP contribution in [0.1, 0.15) is 17.0 Å². The van der Waals surface area contributed by atoms with E-state index in [0.29, 0.717) is 18.0 Å². The molecule has 7 nitrogen and oxygen atoms in total. The van der Waals surface area contributed by atoms with Gasteiger partial charge in [-0.05, 0) is 44.2 Å². The largest absolute Gasteiger partial charge is 0.424 e. The van der Waals surface area contributed by atoms with Crippen molar-refractivity contribution >= 4 is 22.9 Å². The van der Waals surface area contributed by atoms with E-state index < -0.39 is 0 Å². The molecule has 2 heterocycles. The summed E-state index contributed by atoms with van der Waals surface area (Å²) >= 11 is 1.21. The van der Waals surface area contributed by atoms with E-state index in [1.54, 1.807) is 47.3 Å².